The number of fused-ring (bicyclic) bond motifs is 1. The van der Waals surface area contributed by atoms with Crippen LogP contribution in [0.2, 0.25) is 10.0 Å². The Kier molecular flexibility index (Phi) is 11.5. The van der Waals surface area contributed by atoms with Gasteiger partial charge in [-0.05, 0) is 76.1 Å². The van der Waals surface area contributed by atoms with E-state index < -0.39 is 29.9 Å². The highest BCUT2D eigenvalue weighted by atomic mass is 35.5. The number of Topliss-reactive ketones (excluding diaryl/α,β-unsaturated/α-hetero) is 1. The highest BCUT2D eigenvalue weighted by Crippen LogP contribution is 2.38. The molecule has 2 N–H and O–H groups in total. The van der Waals surface area contributed by atoms with E-state index in [2.05, 4.69) is 20.0 Å². The van der Waals surface area contributed by atoms with Crippen molar-refractivity contribution in [2.45, 2.75) is 76.3 Å². The van der Waals surface area contributed by atoms with E-state index in [0.717, 1.165) is 23.7 Å². The van der Waals surface area contributed by atoms with E-state index in [4.69, 9.17) is 27.9 Å². The predicted molar refractivity (Wildman–Crippen MR) is 197 cm³/mol. The summed E-state index contributed by atoms with van der Waals surface area (Å²) in [5, 5.41) is 13.9. The number of aryl methyl sites for hydroxylation is 1. The molecule has 0 bridgehead atoms. The van der Waals surface area contributed by atoms with Crippen LogP contribution < -0.4 is 5.32 Å². The Morgan fingerprint density at radius 1 is 0.922 bits per heavy atom. The summed E-state index contributed by atoms with van der Waals surface area (Å²) in [7, 11) is 1.88. The van der Waals surface area contributed by atoms with Crippen LogP contribution in [-0.2, 0) is 27.8 Å². The van der Waals surface area contributed by atoms with Crippen molar-refractivity contribution in [2.24, 2.45) is 13.0 Å². The molecule has 3 aromatic rings. The second-order valence-corrected chi connectivity index (χ2v) is 15.6. The minimum absolute atomic E-state index is 0.0761. The first kappa shape index (κ1) is 37.7. The molecule has 1 aromatic heterocycles. The summed E-state index contributed by atoms with van der Waals surface area (Å²) < 4.78 is 22.9. The smallest absolute Gasteiger partial charge is 0.306 e. The van der Waals surface area contributed by atoms with Crippen molar-refractivity contribution in [1.82, 2.24) is 19.3 Å². The number of ether oxygens (including phenoxy) is 1. The number of likely N-dealkylation sites (tertiary alicyclic amines) is 1. The Balaban J connectivity index is 1.28. The van der Waals surface area contributed by atoms with Crippen molar-refractivity contribution in [2.75, 3.05) is 51.3 Å². The summed E-state index contributed by atoms with van der Waals surface area (Å²) in [6.45, 7) is 6.73. The number of hydrogen-bond donors (Lipinski definition) is 2. The van der Waals surface area contributed by atoms with Crippen molar-refractivity contribution < 1.29 is 28.6 Å². The third-order valence-corrected chi connectivity index (χ3v) is 11.7. The first-order chi connectivity index (χ1) is 24.3. The van der Waals surface area contributed by atoms with Gasteiger partial charge in [-0.1, -0.05) is 41.4 Å². The summed E-state index contributed by atoms with van der Waals surface area (Å²) in [6.07, 6.45) is 5.25. The van der Waals surface area contributed by atoms with Crippen LogP contribution >= 0.6 is 23.2 Å². The number of aromatic nitrogens is 1. The molecule has 276 valence electrons. The lowest BCUT2D eigenvalue weighted by atomic mass is 9.87. The molecule has 1 saturated carbocycles. The maximum Gasteiger partial charge on any atom is 0.306 e. The molecular weight excluding hydrogens is 696 g/mol. The Bertz CT molecular complexity index is 1760. The normalized spacial score (nSPS) is 22.2. The van der Waals surface area contributed by atoms with Crippen LogP contribution in [0.5, 0.6) is 0 Å². The van der Waals surface area contributed by atoms with Gasteiger partial charge in [-0.3, -0.25) is 29.1 Å². The van der Waals surface area contributed by atoms with Crippen LogP contribution in [-0.4, -0.2) is 105 Å². The number of alkyl halides is 1. The molecule has 3 fully saturated rings. The second-order valence-electron chi connectivity index (χ2n) is 14.8. The lowest BCUT2D eigenvalue weighted by Crippen LogP contribution is -2.71. The Morgan fingerprint density at radius 2 is 1.55 bits per heavy atom. The van der Waals surface area contributed by atoms with Crippen molar-refractivity contribution >= 4 is 57.5 Å². The second kappa shape index (κ2) is 15.5. The van der Waals surface area contributed by atoms with Crippen molar-refractivity contribution in [3.63, 3.8) is 0 Å². The van der Waals surface area contributed by atoms with Crippen LogP contribution in [0, 0.1) is 5.92 Å². The molecule has 2 saturated heterocycles. The van der Waals surface area contributed by atoms with Crippen LogP contribution in [0.3, 0.4) is 0 Å². The predicted octanol–water partition coefficient (Wildman–Crippen LogP) is 6.62. The summed E-state index contributed by atoms with van der Waals surface area (Å²) in [4.78, 5) is 46.5. The van der Waals surface area contributed by atoms with Gasteiger partial charge in [0, 0.05) is 80.4 Å². The fraction of sp³-hybridized carbons (Fsp3) is 0.553. The van der Waals surface area contributed by atoms with Gasteiger partial charge < -0.3 is 19.7 Å². The minimum atomic E-state index is -1.42. The largest absolute Gasteiger partial charge is 0.481 e. The Hall–Kier alpha value is -3.06. The van der Waals surface area contributed by atoms with E-state index in [1.165, 1.54) is 0 Å². The fourth-order valence-corrected chi connectivity index (χ4v) is 8.43. The molecule has 13 heteroatoms. The maximum absolute atomic E-state index is 15.0. The number of halogens is 3. The number of benzene rings is 2. The van der Waals surface area contributed by atoms with Crippen LogP contribution in [0.1, 0.15) is 68.3 Å². The van der Waals surface area contributed by atoms with E-state index in [0.29, 0.717) is 81.8 Å². The number of anilines is 1. The summed E-state index contributed by atoms with van der Waals surface area (Å²) >= 11 is 13.6. The van der Waals surface area contributed by atoms with E-state index in [9.17, 15) is 23.9 Å². The zero-order valence-electron chi connectivity index (χ0n) is 29.6. The molecule has 3 heterocycles. The third kappa shape index (κ3) is 7.70. The van der Waals surface area contributed by atoms with Gasteiger partial charge in [0.1, 0.15) is 6.67 Å². The molecule has 1 amide bonds. The van der Waals surface area contributed by atoms with E-state index >= 15 is 0 Å². The molecule has 1 aliphatic carbocycles. The molecule has 6 rings (SSSR count). The first-order valence-corrected chi connectivity index (χ1v) is 18.7. The van der Waals surface area contributed by atoms with Crippen LogP contribution in [0.25, 0.3) is 10.9 Å². The van der Waals surface area contributed by atoms with E-state index in [-0.39, 0.29) is 34.3 Å². The number of ketones is 1. The lowest BCUT2D eigenvalue weighted by molar-refractivity contribution is -0.262. The summed E-state index contributed by atoms with van der Waals surface area (Å²) in [5.74, 6) is -3.16. The zero-order valence-corrected chi connectivity index (χ0v) is 31.1. The number of para-hydroxylation sites is 1. The van der Waals surface area contributed by atoms with Gasteiger partial charge in [0.05, 0.1) is 28.3 Å². The van der Waals surface area contributed by atoms with Crippen LogP contribution in [0.4, 0.5) is 10.1 Å². The van der Waals surface area contributed by atoms with Crippen molar-refractivity contribution in [1.29, 1.82) is 0 Å². The minimum Gasteiger partial charge on any atom is -0.481 e. The van der Waals surface area contributed by atoms with Crippen LogP contribution in [0.15, 0.2) is 42.6 Å². The van der Waals surface area contributed by atoms with Gasteiger partial charge in [0.15, 0.2) is 5.78 Å². The zero-order chi connectivity index (χ0) is 36.5. The number of carboxylic acid groups (broad SMARTS) is 1. The average molecular weight is 745 g/mol. The standard InChI is InChI=1S/C38H48Cl2FN5O5/c1-37(2,24-41)44-16-18-46(19-17-44)38(45-14-6-7-15-45,51-27-12-10-25(11-13-27)36(49)50)34(47)21-26-20-31(40)32(22-30(26)39)42-35(48)29-23-43(3)33-9-5-4-8-28(29)33/h4-5,8-9,20,22-23,25,27H,6-7,10-19,21,24H2,1-3H3,(H,42,48)(H,49,50). The molecule has 3 aliphatic rings. The quantitative estimate of drug-likeness (QED) is 0.213. The first-order valence-electron chi connectivity index (χ1n) is 17.9. The average Bonchev–Trinajstić information content (AvgIpc) is 3.78. The molecule has 10 nitrogen and oxygen atoms in total. The molecule has 0 spiro atoms. The summed E-state index contributed by atoms with van der Waals surface area (Å²) in [5.41, 5.74) is 1.64. The number of nitrogens with zero attached hydrogens (tertiary/aromatic N) is 4. The van der Waals surface area contributed by atoms with Crippen molar-refractivity contribution in [3.8, 4) is 0 Å². The van der Waals surface area contributed by atoms with Crippen molar-refractivity contribution in [3.05, 3.63) is 63.8 Å². The number of piperazine rings is 1. The Morgan fingerprint density at radius 3 is 2.20 bits per heavy atom. The number of amides is 1. The van der Waals surface area contributed by atoms with Gasteiger partial charge >= 0.3 is 5.97 Å². The SMILES string of the molecule is Cn1cc(C(=O)Nc2cc(Cl)c(CC(=O)C(OC3CCC(C(=O)O)CC3)(N3CCCC3)N3CCN(C(C)(C)CF)CC3)cc2Cl)c2ccccc21. The summed E-state index contributed by atoms with van der Waals surface area (Å²) in [6, 6.07) is 10.9. The molecule has 2 aliphatic heterocycles. The molecule has 0 radical (unpaired) electrons. The molecule has 51 heavy (non-hydrogen) atoms. The number of carbonyl (C=O) groups is 3. The molecule has 2 aromatic carbocycles. The third-order valence-electron chi connectivity index (χ3n) is 11.0. The highest BCUT2D eigenvalue weighted by molar-refractivity contribution is 6.36. The topological polar surface area (TPSA) is 107 Å². The van der Waals surface area contributed by atoms with Gasteiger partial charge in [-0.2, -0.15) is 0 Å². The number of carbonyl (C=O) groups excluding carboxylic acids is 2. The molecule has 1 unspecified atom stereocenters. The number of rotatable bonds is 12. The molecular formula is C38H48Cl2FN5O5. The highest BCUT2D eigenvalue weighted by Gasteiger charge is 2.53. The van der Waals surface area contributed by atoms with Gasteiger partial charge in [-0.25, -0.2) is 4.39 Å². The fourth-order valence-electron chi connectivity index (χ4n) is 7.97. The number of hydrogen-bond acceptors (Lipinski definition) is 7. The van der Waals surface area contributed by atoms with E-state index in [1.807, 2.05) is 49.7 Å². The van der Waals surface area contributed by atoms with Gasteiger partial charge in [0.2, 0.25) is 5.85 Å². The van der Waals surface area contributed by atoms with E-state index in [1.54, 1.807) is 18.3 Å². The number of nitrogens with one attached hydrogen (secondary N) is 1. The monoisotopic (exact) mass is 743 g/mol. The Labute approximate surface area is 308 Å². The molecule has 1 atom stereocenters. The van der Waals surface area contributed by atoms with Gasteiger partial charge in [-0.15, -0.1) is 0 Å². The maximum atomic E-state index is 15.0. The lowest BCUT2D eigenvalue weighted by Gasteiger charge is -2.53. The number of aliphatic carboxylic acids is 1. The van der Waals surface area contributed by atoms with Gasteiger partial charge in [0.25, 0.3) is 5.91 Å². The number of carboxylic acids is 1.